The number of hydrogen-bond acceptors (Lipinski definition) is 15. The van der Waals surface area contributed by atoms with E-state index in [9.17, 15) is 63.7 Å². The number of anilines is 2. The van der Waals surface area contributed by atoms with Crippen molar-refractivity contribution in [3.63, 3.8) is 0 Å². The highest BCUT2D eigenvalue weighted by atomic mass is 19.3. The number of nitrogens with zero attached hydrogens (tertiary/aromatic N) is 10. The molecule has 6 heterocycles. The van der Waals surface area contributed by atoms with E-state index in [0.717, 1.165) is 23.8 Å². The molecule has 9 N–H and O–H groups in total. The number of aromatic nitrogens is 10. The molecule has 2 fully saturated rings. The fourth-order valence-electron chi connectivity index (χ4n) is 14.3. The Morgan fingerprint density at radius 2 is 0.972 bits per heavy atom. The highest BCUT2D eigenvalue weighted by Gasteiger charge is 2.68. The van der Waals surface area contributed by atoms with Gasteiger partial charge >= 0.3 is 5.97 Å². The Kier molecular flexibility index (Phi) is 20.1. The molecule has 560 valence electrons. The Morgan fingerprint density at radius 1 is 0.579 bits per heavy atom. The van der Waals surface area contributed by atoms with Gasteiger partial charge in [0.1, 0.15) is 93.2 Å². The van der Waals surface area contributed by atoms with E-state index in [1.807, 2.05) is 12.1 Å². The fourth-order valence-corrected chi connectivity index (χ4v) is 14.3. The normalized spacial score (nSPS) is 17.5. The number of benzene rings is 4. The summed E-state index contributed by atoms with van der Waals surface area (Å²) in [5.41, 5.74) is 18.8. The van der Waals surface area contributed by atoms with Gasteiger partial charge in [-0.2, -0.15) is 38.0 Å². The zero-order chi connectivity index (χ0) is 77.6. The smallest absolute Gasteiger partial charge is 0.325 e. The van der Waals surface area contributed by atoms with Crippen molar-refractivity contribution in [2.24, 2.45) is 31.7 Å². The molecule has 107 heavy (non-hydrogen) atoms. The van der Waals surface area contributed by atoms with E-state index in [4.69, 9.17) is 36.8 Å². The highest BCUT2D eigenvalue weighted by Crippen LogP contribution is 2.69. The van der Waals surface area contributed by atoms with E-state index >= 15 is 8.78 Å². The molecule has 0 radical (unpaired) electrons. The van der Waals surface area contributed by atoms with Crippen LogP contribution in [0.3, 0.4) is 0 Å². The number of ether oxygens (including phenoxy) is 2. The molecule has 0 spiro atoms. The molecule has 4 aliphatic rings. The van der Waals surface area contributed by atoms with Gasteiger partial charge in [0.15, 0.2) is 17.4 Å². The third-order valence-corrected chi connectivity index (χ3v) is 18.8. The van der Waals surface area contributed by atoms with Gasteiger partial charge in [0.25, 0.3) is 24.7 Å². The summed E-state index contributed by atoms with van der Waals surface area (Å²) >= 11 is 0. The van der Waals surface area contributed by atoms with Gasteiger partial charge in [-0.25, -0.2) is 45.1 Å². The number of ketones is 1. The molecule has 6 aromatic heterocycles. The summed E-state index contributed by atoms with van der Waals surface area (Å²) in [4.78, 5) is 34.0. The summed E-state index contributed by atoms with van der Waals surface area (Å²) in [6, 6.07) is 19.4. The van der Waals surface area contributed by atoms with Crippen molar-refractivity contribution >= 4 is 45.2 Å². The first-order valence-electron chi connectivity index (χ1n) is 33.3. The predicted octanol–water partition coefficient (Wildman–Crippen LogP) is 12.9. The van der Waals surface area contributed by atoms with E-state index < -0.39 is 149 Å². The number of carbonyl (C=O) groups is 2. The average molecular weight is 1490 g/mol. The van der Waals surface area contributed by atoms with Crippen LogP contribution in [-0.2, 0) is 61.5 Å². The number of carboxylic acid groups (broad SMARTS) is 1. The molecule has 4 aromatic carbocycles. The number of methoxy groups -OCH3 is 2. The molecule has 0 saturated heterocycles. The number of pyridine rings is 2. The SMILES string of the molecule is COc1ccc(-c2ccc(C#CC(C)(C)O)nc2[C@@H](CC(=O)Cn2nc(C(F)F)c3c2C(F)(F)[C@@H]2C[C@H]32)Cc2cc(F)cc(F)c2)c2c1c(N)nn2C.COc1ccc(-c2ccc(C#CC(C)(C)O)nc2[C@@H](N)Cc2cc(F)cc(F)c2)c2c1c(N)nn2C.O=C(O)Cn1nc(C(F)F)c2c1C(F)(F)[C@@H]1C[C@H]21. The van der Waals surface area contributed by atoms with Gasteiger partial charge in [-0.15, -0.1) is 0 Å². The van der Waals surface area contributed by atoms with Gasteiger partial charge in [-0.3, -0.25) is 28.3 Å². The zero-order valence-corrected chi connectivity index (χ0v) is 58.4. The summed E-state index contributed by atoms with van der Waals surface area (Å²) < 4.78 is 184. The van der Waals surface area contributed by atoms with E-state index in [1.54, 1.807) is 80.8 Å². The number of halogens is 12. The van der Waals surface area contributed by atoms with Crippen LogP contribution in [0.5, 0.6) is 11.5 Å². The van der Waals surface area contributed by atoms with Crippen LogP contribution >= 0.6 is 0 Å². The molecule has 20 nitrogen and oxygen atoms in total. The maximum absolute atomic E-state index is 15.4. The van der Waals surface area contributed by atoms with Gasteiger partial charge < -0.3 is 42.0 Å². The number of hydrogen-bond donors (Lipinski definition) is 6. The minimum absolute atomic E-state index is 0.0632. The van der Waals surface area contributed by atoms with Crippen molar-refractivity contribution in [3.8, 4) is 57.4 Å². The van der Waals surface area contributed by atoms with Gasteiger partial charge in [-0.1, -0.05) is 11.8 Å². The third kappa shape index (κ3) is 15.1. The largest absolute Gasteiger partial charge is 0.496 e. The van der Waals surface area contributed by atoms with E-state index in [0.29, 0.717) is 88.2 Å². The predicted molar refractivity (Wildman–Crippen MR) is 367 cm³/mol. The monoisotopic (exact) mass is 1490 g/mol. The number of aliphatic carboxylic acids is 1. The van der Waals surface area contributed by atoms with Crippen LogP contribution in [0.4, 0.5) is 64.3 Å². The lowest BCUT2D eigenvalue weighted by Crippen LogP contribution is -2.24. The minimum atomic E-state index is -3.44. The lowest BCUT2D eigenvalue weighted by molar-refractivity contribution is -0.138. The van der Waals surface area contributed by atoms with Gasteiger partial charge in [0, 0.05) is 83.8 Å². The van der Waals surface area contributed by atoms with Crippen LogP contribution in [0.2, 0.25) is 0 Å². The maximum atomic E-state index is 15.4. The van der Waals surface area contributed by atoms with Crippen LogP contribution in [0.25, 0.3) is 44.1 Å². The number of nitrogen functional groups attached to an aromatic ring is 2. The lowest BCUT2D eigenvalue weighted by Gasteiger charge is -2.22. The van der Waals surface area contributed by atoms with E-state index in [-0.39, 0.29) is 59.6 Å². The maximum Gasteiger partial charge on any atom is 0.325 e. The van der Waals surface area contributed by atoms with Crippen molar-refractivity contribution in [1.82, 2.24) is 49.1 Å². The summed E-state index contributed by atoms with van der Waals surface area (Å²) in [6.45, 7) is 4.52. The number of nitrogens with two attached hydrogens (primary N) is 3. The van der Waals surface area contributed by atoms with Crippen molar-refractivity contribution in [2.75, 3.05) is 25.7 Å². The summed E-state index contributed by atoms with van der Waals surface area (Å²) in [6.07, 6.45) is -6.31. The number of rotatable bonds is 18. The second-order valence-electron chi connectivity index (χ2n) is 27.7. The van der Waals surface area contributed by atoms with Gasteiger partial charge in [0.05, 0.1) is 53.5 Å². The summed E-state index contributed by atoms with van der Waals surface area (Å²) in [7, 11) is 6.47. The summed E-state index contributed by atoms with van der Waals surface area (Å²) in [5.74, 6) is -3.63. The van der Waals surface area contributed by atoms with Crippen LogP contribution in [0.15, 0.2) is 84.9 Å². The van der Waals surface area contributed by atoms with Crippen LogP contribution < -0.4 is 26.7 Å². The van der Waals surface area contributed by atoms with Crippen molar-refractivity contribution < 1.29 is 87.1 Å². The van der Waals surface area contributed by atoms with Gasteiger partial charge in [-0.05, 0) is 161 Å². The molecular formula is C75H69F12N13O7. The number of carbonyl (C=O) groups excluding carboxylic acids is 1. The molecule has 2 saturated carbocycles. The van der Waals surface area contributed by atoms with E-state index in [2.05, 4.69) is 49.1 Å². The average Bonchev–Trinajstić information content (AvgIpc) is 1.53. The number of carboxylic acids is 1. The molecule has 0 bridgehead atoms. The molecule has 14 rings (SSSR count). The second-order valence-corrected chi connectivity index (χ2v) is 27.7. The fraction of sp³-hybridized carbons (Fsp3) is 0.360. The molecule has 4 aliphatic carbocycles. The van der Waals surface area contributed by atoms with Crippen molar-refractivity contribution in [2.45, 2.75) is 133 Å². The minimum Gasteiger partial charge on any atom is -0.496 e. The molecular weight excluding hydrogens is 1420 g/mol. The molecule has 0 amide bonds. The van der Waals surface area contributed by atoms with Crippen LogP contribution in [-0.4, -0.2) is 102 Å². The Labute approximate surface area is 602 Å². The standard InChI is InChI=1S/C38H34F6N6O3.C27H27F2N5O2.C10H8F4N2O2/c1-37(2,52)10-9-22-5-6-24(25-7-8-28(53-4)30-33(25)49(3)48-36(30)45)31(46-22)19(11-18-12-20(39)15-21(40)13-18)14-23(51)17-50-34-29(32(47-50)35(41)42)26-16-27(26)38(34,43)44;1-27(2,35)10-9-18-5-6-19(20-7-8-22(36-4)23-25(20)34(3)33-26(23)31)24(32-18)21(30)13-15-11-16(28)14-17(29)12-15;11-9(12)7-6-3-1-4(3)10(13,14)8(6)16(15-7)2-5(17)18/h5-8,12-13,15,19,26-27,35,52H,11,14,16-17H2,1-4H3,(H2,45,48);5-8,11-12,14,21,35H,13,30H2,1-4H3,(H2,31,33);3-4,9H,1-2H2,(H,17,18)/t19-,26+,27-;21-;3-,4+/m100/s1. The Balaban J connectivity index is 0.000000169. The number of Topliss-reactive ketones (excluding diaryl/α,β-unsaturated/α-hetero) is 1. The summed E-state index contributed by atoms with van der Waals surface area (Å²) in [5, 5.41) is 45.9. The second kappa shape index (κ2) is 28.4. The van der Waals surface area contributed by atoms with E-state index in [1.165, 1.54) is 33.1 Å². The molecule has 6 atom stereocenters. The zero-order valence-electron chi connectivity index (χ0n) is 58.4. The highest BCUT2D eigenvalue weighted by molar-refractivity contribution is 6.05. The molecule has 32 heteroatoms. The number of aliphatic hydroxyl groups is 2. The number of alkyl halides is 8. The van der Waals surface area contributed by atoms with Crippen molar-refractivity contribution in [1.29, 1.82) is 0 Å². The quantitative estimate of drug-likeness (QED) is 0.0344. The lowest BCUT2D eigenvalue weighted by atomic mass is 9.86. The molecule has 10 aromatic rings. The molecule has 0 unspecified atom stereocenters. The topological polar surface area (TPSA) is 288 Å². The van der Waals surface area contributed by atoms with Crippen LogP contribution in [0.1, 0.15) is 151 Å². The first-order valence-corrected chi connectivity index (χ1v) is 33.3. The van der Waals surface area contributed by atoms with Crippen LogP contribution in [0, 0.1) is 58.8 Å². The van der Waals surface area contributed by atoms with Crippen molar-refractivity contribution in [3.05, 3.63) is 176 Å². The number of fused-ring (bicyclic) bond motifs is 8. The third-order valence-electron chi connectivity index (χ3n) is 18.8. The Bertz CT molecular complexity index is 5310. The van der Waals surface area contributed by atoms with Gasteiger partial charge in [0.2, 0.25) is 0 Å². The first-order chi connectivity index (χ1) is 50.3. The Morgan fingerprint density at radius 3 is 1.37 bits per heavy atom. The molecule has 0 aliphatic heterocycles. The first kappa shape index (κ1) is 75.7. The number of aryl methyl sites for hydroxylation is 2. The Hall–Kier alpha value is -11.0.